The molecule has 2 saturated heterocycles. The summed E-state index contributed by atoms with van der Waals surface area (Å²) in [7, 11) is 0. The van der Waals surface area contributed by atoms with Crippen molar-refractivity contribution in [2.45, 2.75) is 38.1 Å². The normalized spacial score (nSPS) is 21.5. The molecule has 1 N–H and O–H groups in total. The van der Waals surface area contributed by atoms with Crippen LogP contribution in [0.4, 0.5) is 0 Å². The van der Waals surface area contributed by atoms with Crippen molar-refractivity contribution in [3.05, 3.63) is 70.6 Å². The average Bonchev–Trinajstić information content (AvgIpc) is 2.82. The van der Waals surface area contributed by atoms with Gasteiger partial charge in [0.05, 0.1) is 5.56 Å². The Labute approximate surface area is 182 Å². The van der Waals surface area contributed by atoms with Gasteiger partial charge in [0.15, 0.2) is 0 Å². The van der Waals surface area contributed by atoms with Gasteiger partial charge in [-0.15, -0.1) is 0 Å². The summed E-state index contributed by atoms with van der Waals surface area (Å²) in [5, 5.41) is 4.03. The zero-order valence-electron chi connectivity index (χ0n) is 17.7. The standard InChI is InChI=1S/C26H28N2O3/c29-25(27-17-21-7-5-15-28-14-4-3-8-23(21)28)19-12-10-18(11-13-19)22-16-20-6-1-2-9-24(20)31-26(22)30/h1-2,6,9-13,16,21,23H,3-5,7-8,14-15,17H2,(H,27,29)/t21-,23+/m0/s1. The zero-order chi connectivity index (χ0) is 21.2. The summed E-state index contributed by atoms with van der Waals surface area (Å²) in [6.07, 6.45) is 6.27. The second-order valence-corrected chi connectivity index (χ2v) is 8.77. The van der Waals surface area contributed by atoms with Gasteiger partial charge in [-0.2, -0.15) is 0 Å². The lowest BCUT2D eigenvalue weighted by atomic mass is 9.83. The molecule has 0 saturated carbocycles. The number of nitrogens with one attached hydrogen (secondary N) is 1. The highest BCUT2D eigenvalue weighted by Gasteiger charge is 2.32. The molecule has 0 radical (unpaired) electrons. The maximum Gasteiger partial charge on any atom is 0.344 e. The molecule has 1 amide bonds. The van der Waals surface area contributed by atoms with Gasteiger partial charge < -0.3 is 14.6 Å². The predicted molar refractivity (Wildman–Crippen MR) is 122 cm³/mol. The van der Waals surface area contributed by atoms with Crippen LogP contribution >= 0.6 is 0 Å². The fourth-order valence-corrected chi connectivity index (χ4v) is 5.21. The second-order valence-electron chi connectivity index (χ2n) is 8.77. The first kappa shape index (κ1) is 20.0. The number of carbonyl (C=O) groups is 1. The average molecular weight is 417 g/mol. The molecule has 31 heavy (non-hydrogen) atoms. The molecule has 0 bridgehead atoms. The van der Waals surface area contributed by atoms with E-state index in [1.165, 1.54) is 45.2 Å². The Morgan fingerprint density at radius 3 is 2.68 bits per heavy atom. The molecule has 2 aliphatic rings. The minimum Gasteiger partial charge on any atom is -0.422 e. The molecule has 3 aromatic rings. The first-order chi connectivity index (χ1) is 15.2. The van der Waals surface area contributed by atoms with E-state index in [0.29, 0.717) is 28.7 Å². The number of fused-ring (bicyclic) bond motifs is 2. The molecule has 2 fully saturated rings. The van der Waals surface area contributed by atoms with Crippen LogP contribution in [0.5, 0.6) is 0 Å². The highest BCUT2D eigenvalue weighted by atomic mass is 16.4. The number of piperidine rings is 2. The Morgan fingerprint density at radius 1 is 1.00 bits per heavy atom. The first-order valence-electron chi connectivity index (χ1n) is 11.3. The summed E-state index contributed by atoms with van der Waals surface area (Å²) < 4.78 is 5.44. The van der Waals surface area contributed by atoms with Crippen molar-refractivity contribution in [1.82, 2.24) is 10.2 Å². The van der Waals surface area contributed by atoms with Crippen molar-refractivity contribution >= 4 is 16.9 Å². The number of carbonyl (C=O) groups excluding carboxylic acids is 1. The summed E-state index contributed by atoms with van der Waals surface area (Å²) in [6, 6.07) is 17.1. The molecule has 5 heteroatoms. The largest absolute Gasteiger partial charge is 0.422 e. The fraction of sp³-hybridized carbons (Fsp3) is 0.385. The van der Waals surface area contributed by atoms with Crippen LogP contribution in [-0.4, -0.2) is 36.5 Å². The van der Waals surface area contributed by atoms with Crippen LogP contribution in [0.15, 0.2) is 63.8 Å². The SMILES string of the molecule is O=C(NC[C@@H]1CCCN2CCCC[C@H]12)c1ccc(-c2cc3ccccc3oc2=O)cc1. The molecule has 2 aromatic carbocycles. The van der Waals surface area contributed by atoms with Crippen molar-refractivity contribution in [2.24, 2.45) is 5.92 Å². The molecular weight excluding hydrogens is 388 g/mol. The number of amides is 1. The Balaban J connectivity index is 1.27. The molecule has 5 nitrogen and oxygen atoms in total. The van der Waals surface area contributed by atoms with Crippen molar-refractivity contribution < 1.29 is 9.21 Å². The molecule has 2 aliphatic heterocycles. The summed E-state index contributed by atoms with van der Waals surface area (Å²) >= 11 is 0. The highest BCUT2D eigenvalue weighted by molar-refractivity contribution is 5.94. The minimum absolute atomic E-state index is 0.0509. The Bertz CT molecular complexity index is 1130. The topological polar surface area (TPSA) is 62.6 Å². The van der Waals surface area contributed by atoms with Gasteiger partial charge in [0, 0.05) is 23.5 Å². The van der Waals surface area contributed by atoms with Crippen LogP contribution in [0.2, 0.25) is 0 Å². The molecule has 1 aromatic heterocycles. The van der Waals surface area contributed by atoms with E-state index in [-0.39, 0.29) is 11.5 Å². The maximum absolute atomic E-state index is 12.7. The van der Waals surface area contributed by atoms with Crippen LogP contribution in [0.3, 0.4) is 0 Å². The van der Waals surface area contributed by atoms with Crippen molar-refractivity contribution in [1.29, 1.82) is 0 Å². The van der Waals surface area contributed by atoms with Crippen LogP contribution in [0.25, 0.3) is 22.1 Å². The van der Waals surface area contributed by atoms with E-state index in [0.717, 1.165) is 17.5 Å². The number of para-hydroxylation sites is 1. The smallest absolute Gasteiger partial charge is 0.344 e. The van der Waals surface area contributed by atoms with Gasteiger partial charge in [-0.3, -0.25) is 4.79 Å². The lowest BCUT2D eigenvalue weighted by Gasteiger charge is -2.44. The lowest BCUT2D eigenvalue weighted by molar-refractivity contribution is 0.0575. The van der Waals surface area contributed by atoms with E-state index < -0.39 is 0 Å². The molecule has 0 spiro atoms. The molecule has 160 valence electrons. The van der Waals surface area contributed by atoms with Gasteiger partial charge in [-0.25, -0.2) is 4.79 Å². The van der Waals surface area contributed by atoms with Crippen LogP contribution < -0.4 is 10.9 Å². The van der Waals surface area contributed by atoms with Crippen molar-refractivity contribution in [3.63, 3.8) is 0 Å². The van der Waals surface area contributed by atoms with E-state index in [9.17, 15) is 9.59 Å². The molecule has 5 rings (SSSR count). The Kier molecular flexibility index (Phi) is 5.60. The molecule has 3 heterocycles. The van der Waals surface area contributed by atoms with E-state index in [1.54, 1.807) is 18.2 Å². The quantitative estimate of drug-likeness (QED) is 0.638. The second kappa shape index (κ2) is 8.67. The molecular formula is C26H28N2O3. The molecule has 0 aliphatic carbocycles. The third-order valence-corrected chi connectivity index (χ3v) is 6.85. The van der Waals surface area contributed by atoms with Crippen LogP contribution in [-0.2, 0) is 0 Å². The van der Waals surface area contributed by atoms with Gasteiger partial charge in [0.1, 0.15) is 5.58 Å². The van der Waals surface area contributed by atoms with Gasteiger partial charge in [0.2, 0.25) is 0 Å². The van der Waals surface area contributed by atoms with Crippen molar-refractivity contribution in [3.8, 4) is 11.1 Å². The van der Waals surface area contributed by atoms with Gasteiger partial charge >= 0.3 is 5.63 Å². The number of rotatable bonds is 4. The van der Waals surface area contributed by atoms with E-state index in [4.69, 9.17) is 4.42 Å². The number of hydrogen-bond acceptors (Lipinski definition) is 4. The van der Waals surface area contributed by atoms with Crippen molar-refractivity contribution in [2.75, 3.05) is 19.6 Å². The van der Waals surface area contributed by atoms with Crippen LogP contribution in [0.1, 0.15) is 42.5 Å². The minimum atomic E-state index is -0.370. The zero-order valence-corrected chi connectivity index (χ0v) is 17.7. The first-order valence-corrected chi connectivity index (χ1v) is 11.3. The maximum atomic E-state index is 12.7. The molecule has 0 unspecified atom stereocenters. The van der Waals surface area contributed by atoms with E-state index >= 15 is 0 Å². The highest BCUT2D eigenvalue weighted by Crippen LogP contribution is 2.30. The summed E-state index contributed by atoms with van der Waals surface area (Å²) in [4.78, 5) is 27.7. The summed E-state index contributed by atoms with van der Waals surface area (Å²) in [6.45, 7) is 3.15. The number of benzene rings is 2. The predicted octanol–water partition coefficient (Wildman–Crippen LogP) is 4.45. The van der Waals surface area contributed by atoms with Gasteiger partial charge in [0.25, 0.3) is 5.91 Å². The lowest BCUT2D eigenvalue weighted by Crippen LogP contribution is -2.51. The summed E-state index contributed by atoms with van der Waals surface area (Å²) in [5.74, 6) is 0.490. The fourth-order valence-electron chi connectivity index (χ4n) is 5.21. The monoisotopic (exact) mass is 416 g/mol. The number of nitrogens with zero attached hydrogens (tertiary/aromatic N) is 1. The Hall–Kier alpha value is -2.92. The van der Waals surface area contributed by atoms with E-state index in [1.807, 2.05) is 36.4 Å². The van der Waals surface area contributed by atoms with E-state index in [2.05, 4.69) is 10.2 Å². The third kappa shape index (κ3) is 4.15. The number of hydrogen-bond donors (Lipinski definition) is 1. The van der Waals surface area contributed by atoms with Crippen LogP contribution in [0, 0.1) is 5.92 Å². The summed E-state index contributed by atoms with van der Waals surface area (Å²) in [5.41, 5.74) is 2.08. The third-order valence-electron chi connectivity index (χ3n) is 6.85. The Morgan fingerprint density at radius 2 is 1.81 bits per heavy atom. The molecule has 2 atom stereocenters. The van der Waals surface area contributed by atoms with Gasteiger partial charge in [-0.05, 0) is 74.5 Å². The van der Waals surface area contributed by atoms with Gasteiger partial charge in [-0.1, -0.05) is 36.8 Å².